The fraction of sp³-hybridized carbons (Fsp3) is 0.750. The van der Waals surface area contributed by atoms with E-state index in [0.29, 0.717) is 0 Å². The van der Waals surface area contributed by atoms with Gasteiger partial charge in [-0.05, 0) is 67.7 Å². The molecule has 0 amide bonds. The number of halogens is 1. The number of nitrogens with one attached hydrogen (secondary N) is 1. The molecule has 0 bridgehead atoms. The molecule has 3 heterocycles. The minimum atomic E-state index is -5.12. The summed E-state index contributed by atoms with van der Waals surface area (Å²) < 4.78 is 132. The lowest BCUT2D eigenvalue weighted by Crippen LogP contribution is -2.44. The third-order valence-electron chi connectivity index (χ3n) is 8.15. The Balaban J connectivity index is 2.05. The van der Waals surface area contributed by atoms with Crippen molar-refractivity contribution in [3.05, 3.63) is 6.33 Å². The zero-order chi connectivity index (χ0) is 50.9. The Hall–Kier alpha value is -4.50. The molecule has 1 aliphatic rings. The van der Waals surface area contributed by atoms with Gasteiger partial charge in [-0.3, -0.25) is 13.9 Å². The highest BCUT2D eigenvalue weighted by atomic mass is 31.2. The second-order valence-corrected chi connectivity index (χ2v) is 18.4. The average Bonchev–Trinajstić information content (AvgIpc) is 3.72. The van der Waals surface area contributed by atoms with Crippen LogP contribution >= 0.6 is 15.6 Å². The summed E-state index contributed by atoms with van der Waals surface area (Å²) in [6.07, 6.45) is -6.99. The van der Waals surface area contributed by atoms with E-state index in [2.05, 4.69) is 25.4 Å². The van der Waals surface area contributed by atoms with Crippen molar-refractivity contribution in [3.8, 4) is 5.88 Å². The maximum atomic E-state index is 17.5. The number of hydrogen-bond acceptors (Lipinski definition) is 26. The van der Waals surface area contributed by atoms with Crippen LogP contribution in [0.4, 0.5) is 24.7 Å². The van der Waals surface area contributed by atoms with Gasteiger partial charge in [0, 0.05) is 20.9 Å². The SMILES string of the molecule is [3H]CCNc1nc(OP(=O)(OCOC(=O)CC(C)C)OCOC(=O)OC(C)C)c2ncn([C@@H]3O[C@](F)(COP(=O)(OCOC(=O)OC(C)C)OCOC(=O)OC(C)C)[C@@H](CCO[3H])[C@@]3(C)O)c2n1. The van der Waals surface area contributed by atoms with Crippen LogP contribution < -0.4 is 9.84 Å². The van der Waals surface area contributed by atoms with Crippen LogP contribution in [-0.2, 0) is 74.4 Å². The van der Waals surface area contributed by atoms with Gasteiger partial charge in [0.2, 0.25) is 40.4 Å². The highest BCUT2D eigenvalue weighted by Crippen LogP contribution is 2.56. The normalized spacial score (nSPS) is 21.0. The van der Waals surface area contributed by atoms with Gasteiger partial charge < -0.3 is 58.0 Å². The fourth-order valence-corrected chi connectivity index (χ4v) is 7.33. The van der Waals surface area contributed by atoms with Gasteiger partial charge in [0.1, 0.15) is 12.2 Å². The third kappa shape index (κ3) is 17.0. The summed E-state index contributed by atoms with van der Waals surface area (Å²) >= 11 is 0. The van der Waals surface area contributed by atoms with Gasteiger partial charge in [0.05, 0.1) is 30.6 Å². The number of nitrogens with zero attached hydrogens (tertiary/aromatic N) is 4. The summed E-state index contributed by atoms with van der Waals surface area (Å²) in [5.74, 6) is -6.80. The number of phosphoric acid groups is 2. The molecule has 2 aromatic heterocycles. The number of esters is 1. The number of rotatable bonds is 28. The molecule has 2 aromatic rings. The van der Waals surface area contributed by atoms with Crippen LogP contribution in [0, 0.1) is 11.8 Å². The lowest BCUT2D eigenvalue weighted by molar-refractivity contribution is -0.195. The Morgan fingerprint density at radius 2 is 1.39 bits per heavy atom. The number of phosphoric ester groups is 2. The molecule has 0 aromatic carbocycles. The van der Waals surface area contributed by atoms with E-state index in [0.717, 1.165) is 17.8 Å². The number of carbonyl (C=O) groups excluding carboxylic acids is 4. The predicted octanol–water partition coefficient (Wildman–Crippen LogP) is 5.98. The van der Waals surface area contributed by atoms with E-state index < -0.39 is 135 Å². The molecule has 0 aliphatic carbocycles. The van der Waals surface area contributed by atoms with E-state index in [4.69, 9.17) is 67.8 Å². The molecule has 0 radical (unpaired) electrons. The average molecular weight is 998 g/mol. The molecular formula is C36H58FN5O22P2. The van der Waals surface area contributed by atoms with Crippen LogP contribution in [0.1, 0.15) is 89.7 Å². The summed E-state index contributed by atoms with van der Waals surface area (Å²) in [6.45, 7) is 7.16. The third-order valence-corrected chi connectivity index (χ3v) is 10.7. The Labute approximate surface area is 381 Å². The number of fused-ring (bicyclic) bond motifs is 1. The minimum absolute atomic E-state index is 0.0389. The van der Waals surface area contributed by atoms with Crippen LogP contribution in [0.3, 0.4) is 0 Å². The van der Waals surface area contributed by atoms with Crippen molar-refractivity contribution in [1.29, 1.82) is 1.43 Å². The Morgan fingerprint density at radius 3 is 1.89 bits per heavy atom. The van der Waals surface area contributed by atoms with Gasteiger partial charge in [0.15, 0.2) is 17.4 Å². The first-order chi connectivity index (χ1) is 31.9. The maximum absolute atomic E-state index is 17.5. The topological polar surface area (TPSA) is 328 Å². The Bertz CT molecular complexity index is 2010. The van der Waals surface area contributed by atoms with Gasteiger partial charge in [-0.1, -0.05) is 13.8 Å². The molecule has 1 saturated heterocycles. The van der Waals surface area contributed by atoms with Crippen LogP contribution in [0.15, 0.2) is 6.33 Å². The molecule has 66 heavy (non-hydrogen) atoms. The van der Waals surface area contributed by atoms with Crippen molar-refractivity contribution >= 4 is 57.2 Å². The Kier molecular flexibility index (Phi) is 19.9. The summed E-state index contributed by atoms with van der Waals surface area (Å²) in [4.78, 5) is 60.9. The van der Waals surface area contributed by atoms with Gasteiger partial charge in [0.25, 0.3) is 5.88 Å². The molecule has 1 fully saturated rings. The van der Waals surface area contributed by atoms with Crippen molar-refractivity contribution in [2.24, 2.45) is 11.8 Å². The van der Waals surface area contributed by atoms with E-state index in [-0.39, 0.29) is 42.9 Å². The number of ether oxygens (including phenoxy) is 8. The number of aliphatic hydroxyl groups excluding tert-OH is 1. The predicted molar refractivity (Wildman–Crippen MR) is 219 cm³/mol. The second kappa shape index (κ2) is 25.0. The quantitative estimate of drug-likeness (QED) is 0.0382. The molecule has 0 saturated carbocycles. The number of anilines is 1. The van der Waals surface area contributed by atoms with Gasteiger partial charge in [-0.25, -0.2) is 51.0 Å². The molecule has 5 atom stereocenters. The van der Waals surface area contributed by atoms with Crippen LogP contribution in [-0.4, -0.2) is 132 Å². The number of alkyl halides is 1. The smallest absolute Gasteiger partial charge is 0.438 e. The van der Waals surface area contributed by atoms with E-state index in [1.54, 1.807) is 13.8 Å². The maximum Gasteiger partial charge on any atom is 0.537 e. The summed E-state index contributed by atoms with van der Waals surface area (Å²) in [6, 6.07) is 0. The molecule has 3 N–H and O–H groups in total. The standard InChI is InChI=1S/C36H58FN5O22P2/c1-11-38-31-40-28-27(29(41-31)64-66(50,58-17-51-26(44)14-21(2)3)59-20-54-34(47)62-24(8)9)39-16-42(28)30-35(10,48)25(12-13-43)36(37,63-30)15-55-65(49,56-18-52-32(45)60-22(4)5)57-19-53-33(46)61-23(6)7/h16,21-25,30,43,48H,11-15,17-20H2,1-10H3,(H,38,40,41)/t25-,30+,35+,36+,66?/m0/s1/i1T,43T. The number of imidazole rings is 1. The minimum Gasteiger partial charge on any atom is -0.438 e. The highest BCUT2D eigenvalue weighted by Gasteiger charge is 2.63. The zero-order valence-corrected chi connectivity index (χ0v) is 39.5. The molecule has 1 aliphatic heterocycles. The number of aromatic nitrogens is 4. The molecule has 3 rings (SSSR count). The molecule has 27 nitrogen and oxygen atoms in total. The van der Waals surface area contributed by atoms with Gasteiger partial charge in [-0.15, -0.1) is 0 Å². The van der Waals surface area contributed by atoms with E-state index in [9.17, 15) is 33.4 Å². The second-order valence-electron chi connectivity index (χ2n) is 15.2. The number of hydrogen-bond donors (Lipinski definition) is 3. The molecule has 376 valence electrons. The Morgan fingerprint density at radius 1 is 0.864 bits per heavy atom. The van der Waals surface area contributed by atoms with Crippen molar-refractivity contribution in [2.75, 3.05) is 52.2 Å². The van der Waals surface area contributed by atoms with E-state index in [1.165, 1.54) is 41.5 Å². The van der Waals surface area contributed by atoms with Crippen LogP contribution in [0.25, 0.3) is 11.2 Å². The van der Waals surface area contributed by atoms with E-state index >= 15 is 4.39 Å². The van der Waals surface area contributed by atoms with Crippen molar-refractivity contribution < 1.29 is 109 Å². The largest absolute Gasteiger partial charge is 0.537 e. The summed E-state index contributed by atoms with van der Waals surface area (Å²) in [5.41, 5.74) is -3.05. The first kappa shape index (κ1) is 52.5. The molecule has 1 unspecified atom stereocenters. The lowest BCUT2D eigenvalue weighted by Gasteiger charge is -2.31. The number of aliphatic hydroxyl groups is 2. The van der Waals surface area contributed by atoms with Crippen molar-refractivity contribution in [1.82, 2.24) is 19.5 Å². The fourth-order valence-electron chi connectivity index (χ4n) is 5.53. The van der Waals surface area contributed by atoms with E-state index in [1.807, 2.05) is 0 Å². The summed E-state index contributed by atoms with van der Waals surface area (Å²) in [7, 11) is -10.2. The molecule has 0 spiro atoms. The highest BCUT2D eigenvalue weighted by molar-refractivity contribution is 7.49. The van der Waals surface area contributed by atoms with Gasteiger partial charge in [-0.2, -0.15) is 9.97 Å². The first-order valence-corrected chi connectivity index (χ1v) is 23.0. The first-order valence-electron chi connectivity index (χ1n) is 21.2. The van der Waals surface area contributed by atoms with Crippen molar-refractivity contribution in [2.45, 2.75) is 118 Å². The molecule has 30 heteroatoms. The zero-order valence-electron chi connectivity index (χ0n) is 39.7. The van der Waals surface area contributed by atoms with Crippen molar-refractivity contribution in [3.63, 3.8) is 0 Å². The van der Waals surface area contributed by atoms with Crippen LogP contribution in [0.5, 0.6) is 5.88 Å². The number of carbonyl (C=O) groups is 4. The monoisotopic (exact) mass is 997 g/mol. The lowest BCUT2D eigenvalue weighted by atomic mass is 9.83. The molecular weight excluding hydrogens is 935 g/mol. The van der Waals surface area contributed by atoms with Crippen LogP contribution in [0.2, 0.25) is 0 Å². The summed E-state index contributed by atoms with van der Waals surface area (Å²) in [5, 5.41) is 19.2. The van der Waals surface area contributed by atoms with Gasteiger partial charge >= 0.3 is 40.1 Å².